The van der Waals surface area contributed by atoms with E-state index in [9.17, 15) is 21.6 Å². The van der Waals surface area contributed by atoms with Gasteiger partial charge in [0.05, 0.1) is 21.7 Å². The van der Waals surface area contributed by atoms with Crippen LogP contribution in [0.3, 0.4) is 0 Å². The monoisotopic (exact) mass is 612 g/mol. The number of hydrogen-bond donors (Lipinski definition) is 2. The Balaban J connectivity index is 1.83. The Bertz CT molecular complexity index is 1410. The molecule has 0 amide bonds. The first-order valence-corrected chi connectivity index (χ1v) is 12.9. The predicted molar refractivity (Wildman–Crippen MR) is 137 cm³/mol. The summed E-state index contributed by atoms with van der Waals surface area (Å²) < 4.78 is 64.7. The second-order valence-electron chi connectivity index (χ2n) is 7.03. The van der Waals surface area contributed by atoms with Crippen LogP contribution in [0.5, 0.6) is 0 Å². The van der Waals surface area contributed by atoms with Crippen molar-refractivity contribution in [1.29, 1.82) is 0 Å². The van der Waals surface area contributed by atoms with E-state index in [1.54, 1.807) is 18.2 Å². The summed E-state index contributed by atoms with van der Waals surface area (Å²) in [4.78, 5) is 8.35. The van der Waals surface area contributed by atoms with Gasteiger partial charge in [0.2, 0.25) is 9.84 Å². The molecule has 0 radical (unpaired) electrons. The van der Waals surface area contributed by atoms with Crippen LogP contribution in [-0.2, 0) is 27.5 Å². The van der Waals surface area contributed by atoms with Crippen molar-refractivity contribution >= 4 is 68.3 Å². The highest BCUT2D eigenvalue weighted by atomic mass is 35.5. The van der Waals surface area contributed by atoms with Gasteiger partial charge in [0.25, 0.3) is 0 Å². The number of halogens is 7. The minimum absolute atomic E-state index is 0.107. The molecule has 0 aliphatic carbocycles. The molecule has 196 valence electrons. The third-order valence-electron chi connectivity index (χ3n) is 4.53. The Kier molecular flexibility index (Phi) is 9.68. The summed E-state index contributed by atoms with van der Waals surface area (Å²) in [6.07, 6.45) is -2.19. The van der Waals surface area contributed by atoms with E-state index in [-0.39, 0.29) is 22.3 Å². The van der Waals surface area contributed by atoms with E-state index in [1.807, 2.05) is 0 Å². The number of nitrogens with one attached hydrogen (secondary N) is 2. The molecule has 0 saturated heterocycles. The number of benzene rings is 2. The number of anilines is 1. The fourth-order valence-corrected chi connectivity index (χ4v) is 4.65. The molecule has 0 atom stereocenters. The first kappa shape index (κ1) is 29.0. The molecule has 1 aromatic heterocycles. The van der Waals surface area contributed by atoms with Crippen molar-refractivity contribution in [3.8, 4) is 0 Å². The molecule has 15 heteroatoms. The molecule has 0 fully saturated rings. The minimum atomic E-state index is -4.64. The summed E-state index contributed by atoms with van der Waals surface area (Å²) in [6, 6.07) is 10.9. The molecule has 2 aromatic carbocycles. The lowest BCUT2D eigenvalue weighted by atomic mass is 10.2. The van der Waals surface area contributed by atoms with Crippen LogP contribution >= 0.6 is 46.4 Å². The van der Waals surface area contributed by atoms with Crippen LogP contribution in [0.1, 0.15) is 11.1 Å². The average molecular weight is 614 g/mol. The highest BCUT2D eigenvalue weighted by Crippen LogP contribution is 2.32. The average Bonchev–Trinajstić information content (AvgIpc) is 2.82. The number of pyridine rings is 1. The number of nitrogens with zero attached hydrogens (tertiary/aromatic N) is 2. The van der Waals surface area contributed by atoms with Crippen LogP contribution in [0.15, 0.2) is 75.8 Å². The molecule has 0 spiro atoms. The van der Waals surface area contributed by atoms with Crippen LogP contribution in [0.25, 0.3) is 0 Å². The zero-order valence-corrected chi connectivity index (χ0v) is 22.1. The normalized spacial score (nSPS) is 12.7. The van der Waals surface area contributed by atoms with Crippen LogP contribution in [-0.4, -0.2) is 19.6 Å². The number of rotatable bonds is 9. The Morgan fingerprint density at radius 1 is 1.03 bits per heavy atom. The Hall–Kier alpha value is -2.54. The van der Waals surface area contributed by atoms with Crippen molar-refractivity contribution in [2.45, 2.75) is 17.7 Å². The van der Waals surface area contributed by atoms with Gasteiger partial charge in [-0.25, -0.2) is 13.4 Å². The van der Waals surface area contributed by atoms with E-state index in [4.69, 9.17) is 51.2 Å². The standard InChI is InChI=1S/C22H15Cl4F3N4O3S/c23-14-4-6-15(7-5-14)37(34,35)16(11-32-36-12-17-18(24)2-1-3-19(17)25)10-31-33-21-20(26)8-13(9-30-21)22(27,28)29/h1-11,32H,12H2,(H,30,33)/b16-11-,31-10+. The van der Waals surface area contributed by atoms with Crippen LogP contribution in [0, 0.1) is 0 Å². The predicted octanol–water partition coefficient (Wildman–Crippen LogP) is 7.15. The van der Waals surface area contributed by atoms with Crippen molar-refractivity contribution < 1.29 is 26.4 Å². The molecular weight excluding hydrogens is 599 g/mol. The molecule has 0 aliphatic rings. The van der Waals surface area contributed by atoms with Crippen molar-refractivity contribution in [1.82, 2.24) is 10.5 Å². The molecule has 3 rings (SSSR count). The molecule has 1 heterocycles. The van der Waals surface area contributed by atoms with Gasteiger partial charge in [0.15, 0.2) is 5.82 Å². The van der Waals surface area contributed by atoms with Gasteiger partial charge in [-0.3, -0.25) is 15.7 Å². The number of hydrazone groups is 1. The summed E-state index contributed by atoms with van der Waals surface area (Å²) in [6.45, 7) is -0.107. The van der Waals surface area contributed by atoms with Gasteiger partial charge in [-0.2, -0.15) is 18.3 Å². The first-order chi connectivity index (χ1) is 17.4. The van der Waals surface area contributed by atoms with Crippen LogP contribution < -0.4 is 10.9 Å². The number of allylic oxidation sites excluding steroid dienone is 1. The topological polar surface area (TPSA) is 92.7 Å². The molecule has 0 saturated carbocycles. The van der Waals surface area contributed by atoms with E-state index >= 15 is 0 Å². The molecule has 2 N–H and O–H groups in total. The minimum Gasteiger partial charge on any atom is -0.273 e. The van der Waals surface area contributed by atoms with Crippen molar-refractivity contribution in [3.05, 3.63) is 97.1 Å². The van der Waals surface area contributed by atoms with Gasteiger partial charge in [0, 0.05) is 33.0 Å². The molecule has 37 heavy (non-hydrogen) atoms. The number of aromatic nitrogens is 1. The third-order valence-corrected chi connectivity index (χ3v) is 7.51. The fourth-order valence-electron chi connectivity index (χ4n) is 2.65. The summed E-state index contributed by atoms with van der Waals surface area (Å²) in [7, 11) is -4.15. The summed E-state index contributed by atoms with van der Waals surface area (Å²) >= 11 is 23.9. The SMILES string of the molecule is O=S(=O)(C(=C\NOCc1c(Cl)cccc1Cl)/C=N/Nc1ncc(C(F)(F)F)cc1Cl)c1ccc(Cl)cc1. The molecule has 0 aliphatic heterocycles. The molecule has 0 bridgehead atoms. The number of hydroxylamine groups is 1. The van der Waals surface area contributed by atoms with Crippen LogP contribution in [0.2, 0.25) is 20.1 Å². The maximum atomic E-state index is 13.1. The quantitative estimate of drug-likeness (QED) is 0.151. The maximum absolute atomic E-state index is 13.1. The highest BCUT2D eigenvalue weighted by Gasteiger charge is 2.31. The first-order valence-electron chi connectivity index (χ1n) is 9.92. The Morgan fingerprint density at radius 2 is 1.68 bits per heavy atom. The summed E-state index contributed by atoms with van der Waals surface area (Å²) in [5, 5.41) is 4.39. The van der Waals surface area contributed by atoms with Gasteiger partial charge < -0.3 is 0 Å². The van der Waals surface area contributed by atoms with Crippen molar-refractivity contribution in [2.24, 2.45) is 5.10 Å². The van der Waals surface area contributed by atoms with Gasteiger partial charge >= 0.3 is 6.18 Å². The second-order valence-corrected chi connectivity index (χ2v) is 10.6. The molecule has 7 nitrogen and oxygen atoms in total. The molecule has 3 aromatic rings. The largest absolute Gasteiger partial charge is 0.417 e. The van der Waals surface area contributed by atoms with Crippen molar-refractivity contribution in [3.63, 3.8) is 0 Å². The highest BCUT2D eigenvalue weighted by molar-refractivity contribution is 7.96. The van der Waals surface area contributed by atoms with Crippen molar-refractivity contribution in [2.75, 3.05) is 5.43 Å². The molecular formula is C22H15Cl4F3N4O3S. The van der Waals surface area contributed by atoms with E-state index in [0.29, 0.717) is 32.9 Å². The Labute approximate surface area is 229 Å². The van der Waals surface area contributed by atoms with Gasteiger partial charge in [0.1, 0.15) is 11.5 Å². The third kappa shape index (κ3) is 7.73. The van der Waals surface area contributed by atoms with E-state index in [2.05, 4.69) is 21.0 Å². The van der Waals surface area contributed by atoms with E-state index < -0.39 is 26.5 Å². The van der Waals surface area contributed by atoms with Crippen LogP contribution in [0.4, 0.5) is 19.0 Å². The smallest absolute Gasteiger partial charge is 0.273 e. The zero-order valence-electron chi connectivity index (χ0n) is 18.2. The lowest BCUT2D eigenvalue weighted by Gasteiger charge is -2.10. The second kappa shape index (κ2) is 12.3. The van der Waals surface area contributed by atoms with E-state index in [1.165, 1.54) is 24.3 Å². The van der Waals surface area contributed by atoms with Gasteiger partial charge in [-0.15, -0.1) is 0 Å². The summed E-state index contributed by atoms with van der Waals surface area (Å²) in [5.41, 5.74) is 4.11. The fraction of sp³-hybridized carbons (Fsp3) is 0.0909. The number of hydrogen-bond acceptors (Lipinski definition) is 7. The number of sulfone groups is 1. The maximum Gasteiger partial charge on any atom is 0.417 e. The Morgan fingerprint density at radius 3 is 2.27 bits per heavy atom. The van der Waals surface area contributed by atoms with Gasteiger partial charge in [-0.05, 0) is 42.5 Å². The number of alkyl halides is 3. The van der Waals surface area contributed by atoms with Gasteiger partial charge in [-0.1, -0.05) is 52.5 Å². The molecule has 0 unspecified atom stereocenters. The van der Waals surface area contributed by atoms with E-state index in [0.717, 1.165) is 12.4 Å². The summed E-state index contributed by atoms with van der Waals surface area (Å²) in [5.74, 6) is -0.230. The lowest BCUT2D eigenvalue weighted by Crippen LogP contribution is -2.14. The lowest BCUT2D eigenvalue weighted by molar-refractivity contribution is -0.137. The zero-order chi connectivity index (χ0) is 27.2.